The first-order valence-electron chi connectivity index (χ1n) is 7.97. The topological polar surface area (TPSA) is 98.7 Å². The molecule has 1 aromatic rings. The molecule has 1 saturated heterocycles. The Morgan fingerprint density at radius 3 is 2.76 bits per heavy atom. The molecule has 2 N–H and O–H groups in total. The second-order valence-electron chi connectivity index (χ2n) is 6.11. The summed E-state index contributed by atoms with van der Waals surface area (Å²) in [4.78, 5) is 35.2. The van der Waals surface area contributed by atoms with E-state index in [1.54, 1.807) is 11.0 Å². The van der Waals surface area contributed by atoms with E-state index in [9.17, 15) is 9.59 Å². The maximum Gasteiger partial charge on any atom is 0.317 e. The minimum atomic E-state index is -0.937. The Morgan fingerprint density at radius 1 is 1.44 bits per heavy atom. The minimum Gasteiger partial charge on any atom is -0.481 e. The monoisotopic (exact) mass is 387 g/mol. The predicted octanol–water partition coefficient (Wildman–Crippen LogP) is 1.94. The molecular formula is C15H22ClN5O3S. The fraction of sp³-hybridized carbons (Fsp3) is 0.600. The van der Waals surface area contributed by atoms with Crippen LogP contribution in [0.25, 0.3) is 0 Å². The van der Waals surface area contributed by atoms with Gasteiger partial charge in [0.05, 0.1) is 5.75 Å². The number of carboxylic acids is 1. The number of rotatable bonds is 5. The number of nitrogens with zero attached hydrogens (tertiary/aromatic N) is 4. The summed E-state index contributed by atoms with van der Waals surface area (Å²) < 4.78 is 0. The van der Waals surface area contributed by atoms with Gasteiger partial charge < -0.3 is 20.2 Å². The van der Waals surface area contributed by atoms with Crippen molar-refractivity contribution in [2.45, 2.75) is 38.0 Å². The van der Waals surface area contributed by atoms with Gasteiger partial charge in [0, 0.05) is 37.8 Å². The Hall–Kier alpha value is -1.74. The molecule has 138 valence electrons. The van der Waals surface area contributed by atoms with E-state index < -0.39 is 5.97 Å². The minimum absolute atomic E-state index is 0.0105. The molecule has 1 aliphatic heterocycles. The van der Waals surface area contributed by atoms with E-state index in [2.05, 4.69) is 15.3 Å². The number of hydrogen-bond acceptors (Lipinski definition) is 6. The first-order valence-corrected chi connectivity index (χ1v) is 9.34. The molecule has 2 rings (SSSR count). The summed E-state index contributed by atoms with van der Waals surface area (Å²) in [5, 5.41) is 12.3. The van der Waals surface area contributed by atoms with Gasteiger partial charge >= 0.3 is 12.0 Å². The van der Waals surface area contributed by atoms with Gasteiger partial charge in [-0.2, -0.15) is 0 Å². The number of carbonyl (C=O) groups is 2. The molecule has 0 spiro atoms. The second-order valence-corrected chi connectivity index (χ2v) is 7.44. The predicted molar refractivity (Wildman–Crippen MR) is 97.5 cm³/mol. The highest BCUT2D eigenvalue weighted by Crippen LogP contribution is 2.24. The molecule has 1 aromatic heterocycles. The van der Waals surface area contributed by atoms with E-state index in [4.69, 9.17) is 16.7 Å². The molecule has 8 nitrogen and oxygen atoms in total. The smallest absolute Gasteiger partial charge is 0.317 e. The van der Waals surface area contributed by atoms with Crippen molar-refractivity contribution in [2.24, 2.45) is 0 Å². The van der Waals surface area contributed by atoms with Crippen molar-refractivity contribution in [3.63, 3.8) is 0 Å². The number of hydrogen-bond donors (Lipinski definition) is 2. The van der Waals surface area contributed by atoms with Crippen molar-refractivity contribution in [3.8, 4) is 0 Å². The van der Waals surface area contributed by atoms with Crippen LogP contribution in [0.5, 0.6) is 0 Å². The zero-order valence-corrected chi connectivity index (χ0v) is 16.0. The van der Waals surface area contributed by atoms with Gasteiger partial charge in [0.1, 0.15) is 11.0 Å². The third-order valence-corrected chi connectivity index (χ3v) is 4.64. The van der Waals surface area contributed by atoms with Crippen LogP contribution in [0.4, 0.5) is 10.6 Å². The van der Waals surface area contributed by atoms with E-state index in [-0.39, 0.29) is 29.0 Å². The number of halogens is 1. The number of carboxylic acid groups (broad SMARTS) is 1. The van der Waals surface area contributed by atoms with Crippen molar-refractivity contribution >= 4 is 41.2 Å². The largest absolute Gasteiger partial charge is 0.481 e. The summed E-state index contributed by atoms with van der Waals surface area (Å²) in [5.41, 5.74) is 0. The van der Waals surface area contributed by atoms with Crippen LogP contribution in [0.3, 0.4) is 0 Å². The molecule has 10 heteroatoms. The highest BCUT2D eigenvalue weighted by Gasteiger charge is 2.28. The number of anilines is 1. The zero-order chi connectivity index (χ0) is 18.6. The van der Waals surface area contributed by atoms with Crippen LogP contribution in [0.1, 0.15) is 20.8 Å². The molecule has 1 atom stereocenters. The normalized spacial score (nSPS) is 17.7. The van der Waals surface area contributed by atoms with E-state index in [1.807, 2.05) is 25.7 Å². The molecule has 2 amide bonds. The van der Waals surface area contributed by atoms with Crippen molar-refractivity contribution < 1.29 is 14.7 Å². The maximum atomic E-state index is 12.2. The molecule has 1 fully saturated rings. The molecule has 0 aliphatic carbocycles. The highest BCUT2D eigenvalue weighted by atomic mass is 35.5. The molecule has 0 unspecified atom stereocenters. The fourth-order valence-electron chi connectivity index (χ4n) is 2.54. The number of thioether (sulfide) groups is 1. The third-order valence-electron chi connectivity index (χ3n) is 3.61. The molecule has 0 saturated carbocycles. The Kier molecular flexibility index (Phi) is 6.71. The Balaban J connectivity index is 2.06. The van der Waals surface area contributed by atoms with Gasteiger partial charge in [0.15, 0.2) is 5.16 Å². The van der Waals surface area contributed by atoms with Crippen LogP contribution in [0, 0.1) is 0 Å². The Labute approximate surface area is 155 Å². The molecule has 25 heavy (non-hydrogen) atoms. The second kappa shape index (κ2) is 8.57. The molecule has 2 heterocycles. The molecule has 0 radical (unpaired) electrons. The first-order chi connectivity index (χ1) is 11.8. The van der Waals surface area contributed by atoms with Gasteiger partial charge in [-0.3, -0.25) is 4.79 Å². The first kappa shape index (κ1) is 19.6. The van der Waals surface area contributed by atoms with Gasteiger partial charge in [0.25, 0.3) is 0 Å². The SMILES string of the molecule is CC(C)NC(=O)N1CCN(c2cc(Cl)nc(SCC(=O)O)n2)C[C@H]1C. The van der Waals surface area contributed by atoms with Gasteiger partial charge in [-0.15, -0.1) is 0 Å². The number of urea groups is 1. The lowest BCUT2D eigenvalue weighted by Gasteiger charge is -2.40. The maximum absolute atomic E-state index is 12.2. The number of aromatic nitrogens is 2. The van der Waals surface area contributed by atoms with Crippen molar-refractivity contribution in [2.75, 3.05) is 30.3 Å². The molecule has 1 aliphatic rings. The van der Waals surface area contributed by atoms with Crippen molar-refractivity contribution in [1.29, 1.82) is 0 Å². The lowest BCUT2D eigenvalue weighted by Crippen LogP contribution is -2.57. The fourth-order valence-corrected chi connectivity index (χ4v) is 3.34. The number of carbonyl (C=O) groups excluding carboxylic acids is 1. The average molecular weight is 388 g/mol. The quantitative estimate of drug-likeness (QED) is 0.452. The summed E-state index contributed by atoms with van der Waals surface area (Å²) in [5.74, 6) is -0.420. The lowest BCUT2D eigenvalue weighted by molar-refractivity contribution is -0.133. The molecular weight excluding hydrogens is 366 g/mol. The van der Waals surface area contributed by atoms with Crippen LogP contribution in [0.15, 0.2) is 11.2 Å². The summed E-state index contributed by atoms with van der Waals surface area (Å²) in [7, 11) is 0. The molecule has 0 bridgehead atoms. The number of nitrogens with one attached hydrogen (secondary N) is 1. The standard InChI is InChI=1S/C15H22ClN5O3S/c1-9(2)17-15(24)21-5-4-20(7-10(21)3)12-6-11(16)18-14(19-12)25-8-13(22)23/h6,9-10H,4-5,7-8H2,1-3H3,(H,17,24)(H,22,23)/t10-/m1/s1. The summed E-state index contributed by atoms with van der Waals surface area (Å²) >= 11 is 7.07. The zero-order valence-electron chi connectivity index (χ0n) is 14.4. The summed E-state index contributed by atoms with van der Waals surface area (Å²) in [6.07, 6.45) is 0. The number of piperazine rings is 1. The van der Waals surface area contributed by atoms with E-state index in [0.717, 1.165) is 11.8 Å². The van der Waals surface area contributed by atoms with Crippen molar-refractivity contribution in [3.05, 3.63) is 11.2 Å². The van der Waals surface area contributed by atoms with Crippen LogP contribution in [0.2, 0.25) is 5.15 Å². The number of aliphatic carboxylic acids is 1. The number of amides is 2. The average Bonchev–Trinajstić information content (AvgIpc) is 2.51. The van der Waals surface area contributed by atoms with Gasteiger partial charge in [-0.25, -0.2) is 14.8 Å². The van der Waals surface area contributed by atoms with E-state index in [1.165, 1.54) is 0 Å². The van der Waals surface area contributed by atoms with Gasteiger partial charge in [-0.1, -0.05) is 23.4 Å². The highest BCUT2D eigenvalue weighted by molar-refractivity contribution is 7.99. The Bertz CT molecular complexity index is 646. The Morgan fingerprint density at radius 2 is 2.16 bits per heavy atom. The van der Waals surface area contributed by atoms with E-state index >= 15 is 0 Å². The van der Waals surface area contributed by atoms with Gasteiger partial charge in [-0.05, 0) is 20.8 Å². The summed E-state index contributed by atoms with van der Waals surface area (Å²) in [6, 6.07) is 1.69. The van der Waals surface area contributed by atoms with Crippen LogP contribution in [-0.2, 0) is 4.79 Å². The van der Waals surface area contributed by atoms with Crippen LogP contribution >= 0.6 is 23.4 Å². The lowest BCUT2D eigenvalue weighted by atomic mass is 10.2. The van der Waals surface area contributed by atoms with Crippen LogP contribution in [-0.4, -0.2) is 69.4 Å². The van der Waals surface area contributed by atoms with Crippen LogP contribution < -0.4 is 10.2 Å². The summed E-state index contributed by atoms with van der Waals surface area (Å²) in [6.45, 7) is 7.64. The van der Waals surface area contributed by atoms with Gasteiger partial charge in [0.2, 0.25) is 0 Å². The van der Waals surface area contributed by atoms with Crippen molar-refractivity contribution in [1.82, 2.24) is 20.2 Å². The third kappa shape index (κ3) is 5.64. The molecule has 0 aromatic carbocycles. The van der Waals surface area contributed by atoms with E-state index in [0.29, 0.717) is 30.6 Å².